The van der Waals surface area contributed by atoms with Gasteiger partial charge in [0.25, 0.3) is 5.69 Å². The van der Waals surface area contributed by atoms with Crippen LogP contribution >= 0.6 is 11.6 Å². The van der Waals surface area contributed by atoms with Crippen molar-refractivity contribution in [3.05, 3.63) is 87.6 Å². The Balaban J connectivity index is 1.67. The van der Waals surface area contributed by atoms with Crippen molar-refractivity contribution in [2.75, 3.05) is 5.73 Å². The van der Waals surface area contributed by atoms with Gasteiger partial charge >= 0.3 is 0 Å². The number of aryl methyl sites for hydroxylation is 1. The molecule has 10 nitrogen and oxygen atoms in total. The summed E-state index contributed by atoms with van der Waals surface area (Å²) in [5.74, 6) is 0.674. The highest BCUT2D eigenvalue weighted by Crippen LogP contribution is 2.36. The van der Waals surface area contributed by atoms with Crippen LogP contribution in [-0.4, -0.2) is 19.5 Å². The number of azo groups is 1. The number of hydrogen-bond donors (Lipinski definition) is 1. The van der Waals surface area contributed by atoms with E-state index in [1.54, 1.807) is 12.3 Å². The first-order chi connectivity index (χ1) is 16.4. The van der Waals surface area contributed by atoms with Gasteiger partial charge in [0.15, 0.2) is 22.9 Å². The molecule has 2 N–H and O–H groups in total. The molecule has 3 heterocycles. The molecule has 2 aromatic carbocycles. The molecule has 168 valence electrons. The third kappa shape index (κ3) is 3.86. The molecule has 11 heteroatoms. The van der Waals surface area contributed by atoms with Gasteiger partial charge in [0.05, 0.1) is 21.9 Å². The Morgan fingerprint density at radius 3 is 2.59 bits per heavy atom. The summed E-state index contributed by atoms with van der Waals surface area (Å²) < 4.78 is 7.15. The smallest absolute Gasteiger partial charge is 0.271 e. The molecule has 0 saturated carbocycles. The first-order valence-electron chi connectivity index (χ1n) is 10.1. The number of nitro groups is 1. The molecule has 0 aliphatic rings. The van der Waals surface area contributed by atoms with E-state index in [1.807, 2.05) is 43.3 Å². The zero-order valence-electron chi connectivity index (χ0n) is 17.7. The van der Waals surface area contributed by atoms with Gasteiger partial charge in [-0.2, -0.15) is 0 Å². The van der Waals surface area contributed by atoms with Gasteiger partial charge in [-0.05, 0) is 31.2 Å². The van der Waals surface area contributed by atoms with Crippen molar-refractivity contribution in [3.63, 3.8) is 0 Å². The van der Waals surface area contributed by atoms with Gasteiger partial charge in [-0.15, -0.1) is 15.3 Å². The monoisotopic (exact) mass is 473 g/mol. The number of nitrogens with two attached hydrogens (primary N) is 1. The molecule has 5 aromatic rings. The van der Waals surface area contributed by atoms with E-state index in [-0.39, 0.29) is 27.9 Å². The van der Waals surface area contributed by atoms with Crippen LogP contribution in [0.1, 0.15) is 5.56 Å². The number of furan rings is 1. The molecule has 34 heavy (non-hydrogen) atoms. The minimum Gasteiger partial charge on any atom is -0.463 e. The van der Waals surface area contributed by atoms with E-state index >= 15 is 0 Å². The maximum Gasteiger partial charge on any atom is 0.271 e. The summed E-state index contributed by atoms with van der Waals surface area (Å²) in [5.41, 5.74) is 10.2. The first kappa shape index (κ1) is 21.3. The molecule has 0 saturated heterocycles. The Kier molecular flexibility index (Phi) is 5.27. The summed E-state index contributed by atoms with van der Waals surface area (Å²) in [6.07, 6.45) is 1.57. The van der Waals surface area contributed by atoms with Crippen LogP contribution in [0.3, 0.4) is 0 Å². The fourth-order valence-electron chi connectivity index (χ4n) is 3.38. The molecule has 0 aliphatic heterocycles. The number of hydrogen-bond acceptors (Lipinski definition) is 8. The molecule has 0 aliphatic carbocycles. The van der Waals surface area contributed by atoms with Crippen LogP contribution in [0.5, 0.6) is 0 Å². The lowest BCUT2D eigenvalue weighted by molar-refractivity contribution is -0.384. The number of rotatable bonds is 5. The summed E-state index contributed by atoms with van der Waals surface area (Å²) in [5, 5.41) is 23.8. The standard InChI is InChI=1S/C23H16ClN7O3/c1-13-4-6-14(7-5-13)18-12-19(20-3-2-10-34-20)30-23(26-18)21(22(25)29-30)28-27-17-9-8-15(31(32)33)11-16(17)24/h2-12H,1H3,(H2,25,29). The second kappa shape index (κ2) is 8.41. The lowest BCUT2D eigenvalue weighted by atomic mass is 10.1. The molecule has 0 spiro atoms. The van der Waals surface area contributed by atoms with Crippen molar-refractivity contribution in [1.82, 2.24) is 14.6 Å². The molecule has 5 rings (SSSR count). The Hall–Kier alpha value is -4.57. The number of benzene rings is 2. The predicted octanol–water partition coefficient (Wildman–Crippen LogP) is 6.52. The number of nitro benzene ring substituents is 1. The van der Waals surface area contributed by atoms with Crippen molar-refractivity contribution >= 4 is 40.1 Å². The zero-order valence-corrected chi connectivity index (χ0v) is 18.5. The Labute approximate surface area is 197 Å². The fourth-order valence-corrected chi connectivity index (χ4v) is 3.60. The highest BCUT2D eigenvalue weighted by molar-refractivity contribution is 6.33. The molecule has 0 fully saturated rings. The molecular formula is C23H16ClN7O3. The number of fused-ring (bicyclic) bond motifs is 1. The van der Waals surface area contributed by atoms with Crippen LogP contribution in [0.2, 0.25) is 5.02 Å². The van der Waals surface area contributed by atoms with Gasteiger partial charge in [-0.3, -0.25) is 10.1 Å². The number of anilines is 1. The van der Waals surface area contributed by atoms with E-state index < -0.39 is 4.92 Å². The van der Waals surface area contributed by atoms with Crippen LogP contribution in [0.4, 0.5) is 22.9 Å². The maximum absolute atomic E-state index is 10.9. The minimum atomic E-state index is -0.539. The van der Waals surface area contributed by atoms with Crippen LogP contribution in [0.25, 0.3) is 28.4 Å². The topological polar surface area (TPSA) is 137 Å². The average molecular weight is 474 g/mol. The van der Waals surface area contributed by atoms with E-state index in [4.69, 9.17) is 26.7 Å². The molecule has 0 atom stereocenters. The molecule has 0 unspecified atom stereocenters. The van der Waals surface area contributed by atoms with Gasteiger partial charge in [0.1, 0.15) is 11.4 Å². The molecule has 0 radical (unpaired) electrons. The predicted molar refractivity (Wildman–Crippen MR) is 128 cm³/mol. The number of aromatic nitrogens is 3. The van der Waals surface area contributed by atoms with E-state index in [0.29, 0.717) is 22.8 Å². The summed E-state index contributed by atoms with van der Waals surface area (Å²) in [6.45, 7) is 2.01. The molecular weight excluding hydrogens is 458 g/mol. The summed E-state index contributed by atoms with van der Waals surface area (Å²) >= 11 is 6.14. The number of nitrogen functional groups attached to an aromatic ring is 1. The van der Waals surface area contributed by atoms with Gasteiger partial charge in [0, 0.05) is 17.7 Å². The van der Waals surface area contributed by atoms with Crippen LogP contribution in [0, 0.1) is 17.0 Å². The number of halogens is 1. The number of nitrogens with zero attached hydrogens (tertiary/aromatic N) is 6. The van der Waals surface area contributed by atoms with Crippen molar-refractivity contribution < 1.29 is 9.34 Å². The van der Waals surface area contributed by atoms with Gasteiger partial charge in [-0.1, -0.05) is 41.4 Å². The highest BCUT2D eigenvalue weighted by atomic mass is 35.5. The molecule has 0 amide bonds. The van der Waals surface area contributed by atoms with E-state index in [9.17, 15) is 10.1 Å². The average Bonchev–Trinajstić information content (AvgIpc) is 3.46. The van der Waals surface area contributed by atoms with Crippen molar-refractivity contribution in [2.24, 2.45) is 10.2 Å². The van der Waals surface area contributed by atoms with Crippen molar-refractivity contribution in [2.45, 2.75) is 6.92 Å². The first-order valence-corrected chi connectivity index (χ1v) is 10.4. The van der Waals surface area contributed by atoms with Crippen LogP contribution in [-0.2, 0) is 0 Å². The minimum absolute atomic E-state index is 0.0811. The normalized spacial score (nSPS) is 11.5. The van der Waals surface area contributed by atoms with Gasteiger partial charge in [0.2, 0.25) is 0 Å². The molecule has 3 aromatic heterocycles. The molecule has 0 bridgehead atoms. The fraction of sp³-hybridized carbons (Fsp3) is 0.0435. The Morgan fingerprint density at radius 1 is 1.12 bits per heavy atom. The largest absolute Gasteiger partial charge is 0.463 e. The highest BCUT2D eigenvalue weighted by Gasteiger charge is 2.19. The summed E-state index contributed by atoms with van der Waals surface area (Å²) in [6, 6.07) is 17.3. The van der Waals surface area contributed by atoms with Gasteiger partial charge < -0.3 is 10.2 Å². The summed E-state index contributed by atoms with van der Waals surface area (Å²) in [4.78, 5) is 15.1. The Morgan fingerprint density at radius 2 is 1.91 bits per heavy atom. The van der Waals surface area contributed by atoms with E-state index in [2.05, 4.69) is 15.3 Å². The van der Waals surface area contributed by atoms with Gasteiger partial charge in [-0.25, -0.2) is 9.50 Å². The zero-order chi connectivity index (χ0) is 23.8. The lowest BCUT2D eigenvalue weighted by Gasteiger charge is -2.07. The summed E-state index contributed by atoms with van der Waals surface area (Å²) in [7, 11) is 0. The third-order valence-corrected chi connectivity index (χ3v) is 5.41. The SMILES string of the molecule is Cc1ccc(-c2cc(-c3ccco3)n3nc(N)c(N=Nc4ccc([N+](=O)[O-])cc4Cl)c3n2)cc1. The maximum atomic E-state index is 10.9. The second-order valence-corrected chi connectivity index (χ2v) is 7.84. The lowest BCUT2D eigenvalue weighted by Crippen LogP contribution is -1.98. The number of non-ortho nitro benzene ring substituents is 1. The van der Waals surface area contributed by atoms with Crippen molar-refractivity contribution in [1.29, 1.82) is 0 Å². The second-order valence-electron chi connectivity index (χ2n) is 7.43. The Bertz CT molecular complexity index is 1560. The van der Waals surface area contributed by atoms with E-state index in [1.165, 1.54) is 22.7 Å². The van der Waals surface area contributed by atoms with Crippen molar-refractivity contribution in [3.8, 4) is 22.7 Å². The quantitative estimate of drug-likeness (QED) is 0.175. The van der Waals surface area contributed by atoms with Crippen LogP contribution < -0.4 is 5.73 Å². The van der Waals surface area contributed by atoms with Crippen LogP contribution in [0.15, 0.2) is 81.6 Å². The van der Waals surface area contributed by atoms with E-state index in [0.717, 1.165) is 11.1 Å². The third-order valence-electron chi connectivity index (χ3n) is 5.11.